The van der Waals surface area contributed by atoms with Crippen LogP contribution in [0.3, 0.4) is 0 Å². The number of benzene rings is 1. The molecule has 0 heterocycles. The highest BCUT2D eigenvalue weighted by Crippen LogP contribution is 2.20. The van der Waals surface area contributed by atoms with Crippen molar-refractivity contribution in [2.24, 2.45) is 11.8 Å². The molecule has 1 radical (unpaired) electrons. The molecule has 0 saturated carbocycles. The van der Waals surface area contributed by atoms with Gasteiger partial charge in [0.05, 0.1) is 11.8 Å². The molecule has 0 saturated heterocycles. The van der Waals surface area contributed by atoms with Crippen LogP contribution in [0.4, 0.5) is 0 Å². The lowest BCUT2D eigenvalue weighted by Crippen LogP contribution is -2.16. The van der Waals surface area contributed by atoms with Crippen LogP contribution in [0.1, 0.15) is 33.3 Å². The summed E-state index contributed by atoms with van der Waals surface area (Å²) in [6.07, 6.45) is 0. The van der Waals surface area contributed by atoms with Gasteiger partial charge in [-0.25, -0.2) is 0 Å². The highest BCUT2D eigenvalue weighted by molar-refractivity contribution is 5.75. The van der Waals surface area contributed by atoms with Gasteiger partial charge >= 0.3 is 11.9 Å². The van der Waals surface area contributed by atoms with E-state index in [-0.39, 0.29) is 30.4 Å². The van der Waals surface area contributed by atoms with Crippen molar-refractivity contribution in [2.75, 3.05) is 0 Å². The van der Waals surface area contributed by atoms with Crippen molar-refractivity contribution in [3.05, 3.63) is 29.8 Å². The van der Waals surface area contributed by atoms with Crippen LogP contribution in [0.5, 0.6) is 5.75 Å². The van der Waals surface area contributed by atoms with Gasteiger partial charge in [0.15, 0.2) is 0 Å². The Morgan fingerprint density at radius 2 is 1.79 bits per heavy atom. The van der Waals surface area contributed by atoms with Crippen molar-refractivity contribution in [3.8, 4) is 5.75 Å². The molecule has 0 atom stereocenters. The summed E-state index contributed by atoms with van der Waals surface area (Å²) in [6, 6.07) is 7.81. The first-order valence-electron chi connectivity index (χ1n) is 6.29. The minimum absolute atomic E-state index is 0.0784. The summed E-state index contributed by atoms with van der Waals surface area (Å²) in [5.74, 6) is -0.591. The fourth-order valence-corrected chi connectivity index (χ4v) is 1.20. The van der Waals surface area contributed by atoms with Gasteiger partial charge < -0.3 is 9.47 Å². The van der Waals surface area contributed by atoms with Crippen molar-refractivity contribution in [3.63, 3.8) is 0 Å². The Bertz CT molecular complexity index is 449. The third-order valence-electron chi connectivity index (χ3n) is 2.43. The third-order valence-corrected chi connectivity index (χ3v) is 2.43. The van der Waals surface area contributed by atoms with E-state index in [4.69, 9.17) is 9.47 Å². The summed E-state index contributed by atoms with van der Waals surface area (Å²) < 4.78 is 10.4. The minimum atomic E-state index is -0.317. The molecule has 103 valence electrons. The fourth-order valence-electron chi connectivity index (χ4n) is 1.20. The van der Waals surface area contributed by atoms with Gasteiger partial charge in [-0.2, -0.15) is 0 Å². The number of carbonyl (C=O) groups is 2. The van der Waals surface area contributed by atoms with E-state index in [1.54, 1.807) is 45.9 Å². The van der Waals surface area contributed by atoms with E-state index in [9.17, 15) is 9.59 Å². The Balaban J connectivity index is 2.73. The summed E-state index contributed by atoms with van der Waals surface area (Å²) in [6.45, 7) is 7.12. The lowest BCUT2D eigenvalue weighted by atomic mass is 10.2. The van der Waals surface area contributed by atoms with Crippen molar-refractivity contribution < 1.29 is 19.1 Å². The Morgan fingerprint density at radius 3 is 2.37 bits per heavy atom. The molecular formula is C15H19O4. The van der Waals surface area contributed by atoms with Crippen LogP contribution in [0.15, 0.2) is 18.2 Å². The summed E-state index contributed by atoms with van der Waals surface area (Å²) in [7, 11) is 0. The third kappa shape index (κ3) is 4.73. The average Bonchev–Trinajstić information content (AvgIpc) is 2.36. The van der Waals surface area contributed by atoms with Gasteiger partial charge in [0.1, 0.15) is 12.4 Å². The second kappa shape index (κ2) is 6.92. The van der Waals surface area contributed by atoms with E-state index < -0.39 is 0 Å². The zero-order valence-electron chi connectivity index (χ0n) is 11.7. The summed E-state index contributed by atoms with van der Waals surface area (Å²) in [5.41, 5.74) is 0.630. The smallest absolute Gasteiger partial charge is 0.313 e. The Hall–Kier alpha value is -1.84. The van der Waals surface area contributed by atoms with Crippen molar-refractivity contribution in [1.29, 1.82) is 0 Å². The Labute approximate surface area is 113 Å². The molecule has 19 heavy (non-hydrogen) atoms. The van der Waals surface area contributed by atoms with Crippen LogP contribution in [0.25, 0.3) is 0 Å². The van der Waals surface area contributed by atoms with E-state index in [1.165, 1.54) is 0 Å². The SMILES string of the molecule is CC(C)C(=O)OCc1c[c]ccc1OC(=O)C(C)C. The zero-order valence-corrected chi connectivity index (χ0v) is 11.7. The quantitative estimate of drug-likeness (QED) is 0.605. The number of ether oxygens (including phenoxy) is 2. The standard InChI is InChI=1S/C15H19O4/c1-10(2)14(16)18-9-12-7-5-6-8-13(12)19-15(17)11(3)4/h6-8,10-11H,9H2,1-4H3. The van der Waals surface area contributed by atoms with Gasteiger partial charge in [0.2, 0.25) is 0 Å². The second-order valence-corrected chi connectivity index (χ2v) is 4.87. The molecule has 0 bridgehead atoms. The topological polar surface area (TPSA) is 52.6 Å². The first-order chi connectivity index (χ1) is 8.91. The molecule has 4 nitrogen and oxygen atoms in total. The molecule has 0 unspecified atom stereocenters. The summed E-state index contributed by atoms with van der Waals surface area (Å²) in [5, 5.41) is 0. The van der Waals surface area contributed by atoms with E-state index in [0.29, 0.717) is 11.3 Å². The maximum absolute atomic E-state index is 11.6. The normalized spacial score (nSPS) is 10.6. The molecule has 1 aromatic carbocycles. The van der Waals surface area contributed by atoms with Gasteiger partial charge in [0.25, 0.3) is 0 Å². The number of carbonyl (C=O) groups excluding carboxylic acids is 2. The highest BCUT2D eigenvalue weighted by Gasteiger charge is 2.14. The first kappa shape index (κ1) is 15.2. The van der Waals surface area contributed by atoms with E-state index in [1.807, 2.05) is 0 Å². The van der Waals surface area contributed by atoms with Gasteiger partial charge in [-0.15, -0.1) is 0 Å². The average molecular weight is 263 g/mol. The molecule has 0 amide bonds. The number of hydrogen-bond acceptors (Lipinski definition) is 4. The van der Waals surface area contributed by atoms with Crippen molar-refractivity contribution in [2.45, 2.75) is 34.3 Å². The van der Waals surface area contributed by atoms with Crippen molar-refractivity contribution in [1.82, 2.24) is 0 Å². The number of esters is 2. The lowest BCUT2D eigenvalue weighted by molar-refractivity contribution is -0.148. The van der Waals surface area contributed by atoms with Crippen LogP contribution >= 0.6 is 0 Å². The second-order valence-electron chi connectivity index (χ2n) is 4.87. The van der Waals surface area contributed by atoms with Crippen molar-refractivity contribution >= 4 is 11.9 Å². The molecule has 0 fully saturated rings. The van der Waals surface area contributed by atoms with Crippen LogP contribution in [0, 0.1) is 17.9 Å². The molecule has 4 heteroatoms. The monoisotopic (exact) mass is 263 g/mol. The highest BCUT2D eigenvalue weighted by atomic mass is 16.5. The predicted molar refractivity (Wildman–Crippen MR) is 70.4 cm³/mol. The Kier molecular flexibility index (Phi) is 5.55. The maximum atomic E-state index is 11.6. The number of rotatable bonds is 5. The number of hydrogen-bond donors (Lipinski definition) is 0. The molecule has 0 aliphatic rings. The first-order valence-corrected chi connectivity index (χ1v) is 6.29. The molecule has 0 aromatic heterocycles. The zero-order chi connectivity index (χ0) is 14.4. The molecule has 0 aliphatic heterocycles. The minimum Gasteiger partial charge on any atom is -0.460 e. The van der Waals surface area contributed by atoms with Crippen LogP contribution < -0.4 is 4.74 Å². The maximum Gasteiger partial charge on any atom is 0.313 e. The van der Waals surface area contributed by atoms with Crippen LogP contribution in [-0.4, -0.2) is 11.9 Å². The van der Waals surface area contributed by atoms with Crippen LogP contribution in [0.2, 0.25) is 0 Å². The predicted octanol–water partition coefficient (Wildman–Crippen LogP) is 2.75. The molecule has 1 rings (SSSR count). The summed E-state index contributed by atoms with van der Waals surface area (Å²) >= 11 is 0. The molecule has 0 N–H and O–H groups in total. The molecule has 0 spiro atoms. The van der Waals surface area contributed by atoms with E-state index in [0.717, 1.165) is 0 Å². The Morgan fingerprint density at radius 1 is 1.16 bits per heavy atom. The summed E-state index contributed by atoms with van der Waals surface area (Å²) in [4.78, 5) is 23.0. The lowest BCUT2D eigenvalue weighted by Gasteiger charge is -2.12. The molecule has 0 aliphatic carbocycles. The van der Waals surface area contributed by atoms with Gasteiger partial charge in [0, 0.05) is 5.56 Å². The van der Waals surface area contributed by atoms with E-state index in [2.05, 4.69) is 6.07 Å². The van der Waals surface area contributed by atoms with Gasteiger partial charge in [-0.3, -0.25) is 9.59 Å². The van der Waals surface area contributed by atoms with E-state index >= 15 is 0 Å². The molecule has 1 aromatic rings. The van der Waals surface area contributed by atoms with Crippen LogP contribution in [-0.2, 0) is 20.9 Å². The van der Waals surface area contributed by atoms with Gasteiger partial charge in [-0.1, -0.05) is 33.8 Å². The largest absolute Gasteiger partial charge is 0.460 e. The van der Waals surface area contributed by atoms with Gasteiger partial charge in [-0.05, 0) is 18.2 Å². The molecular weight excluding hydrogens is 244 g/mol. The fraction of sp³-hybridized carbons (Fsp3) is 0.467.